The molecule has 1 aliphatic rings. The maximum Gasteiger partial charge on any atom is 0.303 e. The second-order valence-electron chi connectivity index (χ2n) is 5.73. The van der Waals surface area contributed by atoms with Crippen LogP contribution in [0.4, 0.5) is 0 Å². The average Bonchev–Trinajstić information content (AvgIpc) is 2.56. The molecule has 1 aliphatic heterocycles. The van der Waals surface area contributed by atoms with Crippen molar-refractivity contribution in [1.82, 2.24) is 0 Å². The van der Waals surface area contributed by atoms with Crippen LogP contribution in [0, 0.1) is 5.92 Å². The van der Waals surface area contributed by atoms with Gasteiger partial charge in [0.15, 0.2) is 6.29 Å². The lowest BCUT2D eigenvalue weighted by Gasteiger charge is -2.36. The van der Waals surface area contributed by atoms with Crippen LogP contribution >= 0.6 is 0 Å². The number of ether oxygens (including phenoxy) is 3. The fraction of sp³-hybridized carbons (Fsp3) is 0.500. The van der Waals surface area contributed by atoms with E-state index in [4.69, 9.17) is 19.3 Å². The van der Waals surface area contributed by atoms with Crippen LogP contribution in [0.15, 0.2) is 36.4 Å². The number of para-hydroxylation sites is 1. The van der Waals surface area contributed by atoms with Crippen molar-refractivity contribution < 1.29 is 29.2 Å². The predicted molar refractivity (Wildman–Crippen MR) is 87.7 cm³/mol. The molecule has 0 amide bonds. The van der Waals surface area contributed by atoms with Gasteiger partial charge in [0.2, 0.25) is 0 Å². The molecular formula is C18H24O6. The Hall–Kier alpha value is -1.89. The van der Waals surface area contributed by atoms with Crippen LogP contribution in [0.3, 0.4) is 0 Å². The first-order valence-electron chi connectivity index (χ1n) is 8.02. The van der Waals surface area contributed by atoms with Crippen LogP contribution in [0.5, 0.6) is 5.75 Å². The number of phenols is 1. The van der Waals surface area contributed by atoms with E-state index in [1.165, 1.54) is 0 Å². The number of carboxylic acid groups (broad SMARTS) is 1. The first kappa shape index (κ1) is 18.4. The third-order valence-corrected chi connectivity index (χ3v) is 3.90. The van der Waals surface area contributed by atoms with Crippen molar-refractivity contribution in [1.29, 1.82) is 0 Å². The molecule has 24 heavy (non-hydrogen) atoms. The highest BCUT2D eigenvalue weighted by Crippen LogP contribution is 2.38. The molecule has 2 N–H and O–H groups in total. The smallest absolute Gasteiger partial charge is 0.303 e. The molecule has 1 heterocycles. The van der Waals surface area contributed by atoms with Crippen LogP contribution < -0.4 is 0 Å². The summed E-state index contributed by atoms with van der Waals surface area (Å²) >= 11 is 0. The van der Waals surface area contributed by atoms with E-state index in [1.807, 2.05) is 24.3 Å². The second kappa shape index (κ2) is 9.42. The molecule has 1 saturated heterocycles. The lowest BCUT2D eigenvalue weighted by molar-refractivity contribution is -0.253. The fourth-order valence-corrected chi connectivity index (χ4v) is 2.70. The zero-order chi connectivity index (χ0) is 17.4. The third-order valence-electron chi connectivity index (χ3n) is 3.90. The Labute approximate surface area is 141 Å². The van der Waals surface area contributed by atoms with E-state index in [2.05, 4.69) is 0 Å². The zero-order valence-corrected chi connectivity index (χ0v) is 13.8. The van der Waals surface area contributed by atoms with E-state index in [0.29, 0.717) is 26.1 Å². The van der Waals surface area contributed by atoms with Crippen LogP contribution in [-0.4, -0.2) is 42.8 Å². The number of carbonyl (C=O) groups is 1. The highest BCUT2D eigenvalue weighted by Gasteiger charge is 2.33. The number of aliphatic carboxylic acids is 1. The molecule has 1 aromatic carbocycles. The number of benzene rings is 1. The molecule has 0 radical (unpaired) electrons. The molecule has 3 unspecified atom stereocenters. The lowest BCUT2D eigenvalue weighted by Crippen LogP contribution is -2.37. The van der Waals surface area contributed by atoms with E-state index in [9.17, 15) is 9.90 Å². The maximum absolute atomic E-state index is 10.5. The molecular weight excluding hydrogens is 312 g/mol. The number of aromatic hydroxyl groups is 1. The molecule has 0 saturated carbocycles. The van der Waals surface area contributed by atoms with E-state index in [0.717, 1.165) is 5.56 Å². The highest BCUT2D eigenvalue weighted by atomic mass is 16.7. The summed E-state index contributed by atoms with van der Waals surface area (Å²) in [5.74, 6) is -0.577. The van der Waals surface area contributed by atoms with Gasteiger partial charge in [-0.25, -0.2) is 0 Å². The number of rotatable bonds is 8. The van der Waals surface area contributed by atoms with Gasteiger partial charge in [0.05, 0.1) is 19.3 Å². The molecule has 2 rings (SSSR count). The number of phenolic OH excluding ortho intramolecular Hbond substituents is 1. The number of hydrogen-bond acceptors (Lipinski definition) is 5. The number of allylic oxidation sites excluding steroid dienone is 2. The quantitative estimate of drug-likeness (QED) is 0.710. The summed E-state index contributed by atoms with van der Waals surface area (Å²) in [7, 11) is 1.58. The molecule has 1 fully saturated rings. The van der Waals surface area contributed by atoms with E-state index >= 15 is 0 Å². The SMILES string of the molecule is COCC1OCC(C/C=C\CCC(=O)O)C(c2ccccc2O)O1. The summed E-state index contributed by atoms with van der Waals surface area (Å²) in [6.45, 7) is 0.807. The van der Waals surface area contributed by atoms with Crippen LogP contribution in [0.1, 0.15) is 30.9 Å². The Morgan fingerprint density at radius 3 is 2.88 bits per heavy atom. The van der Waals surface area contributed by atoms with Crippen molar-refractivity contribution >= 4 is 5.97 Å². The molecule has 132 valence electrons. The lowest BCUT2D eigenvalue weighted by atomic mass is 9.91. The molecule has 0 spiro atoms. The standard InChI is InChI=1S/C18H24O6/c1-22-12-17-23-11-13(7-3-2-4-10-16(20)21)18(24-17)14-8-5-6-9-15(14)19/h2-3,5-6,8-9,13,17-19H,4,7,10-12H2,1H3,(H,20,21)/b3-2-. The summed E-state index contributed by atoms with van der Waals surface area (Å²) in [4.78, 5) is 10.5. The Morgan fingerprint density at radius 2 is 2.17 bits per heavy atom. The Balaban J connectivity index is 2.04. The highest BCUT2D eigenvalue weighted by molar-refractivity contribution is 5.66. The monoisotopic (exact) mass is 336 g/mol. The van der Waals surface area contributed by atoms with Crippen LogP contribution in [-0.2, 0) is 19.0 Å². The van der Waals surface area contributed by atoms with Crippen molar-refractivity contribution in [2.45, 2.75) is 31.7 Å². The normalized spacial score (nSPS) is 24.3. The van der Waals surface area contributed by atoms with Crippen LogP contribution in [0.2, 0.25) is 0 Å². The Morgan fingerprint density at radius 1 is 1.38 bits per heavy atom. The van der Waals surface area contributed by atoms with Gasteiger partial charge in [-0.2, -0.15) is 0 Å². The van der Waals surface area contributed by atoms with Gasteiger partial charge in [-0.05, 0) is 18.9 Å². The van der Waals surface area contributed by atoms with Gasteiger partial charge in [0.25, 0.3) is 0 Å². The summed E-state index contributed by atoms with van der Waals surface area (Å²) in [6.07, 6.45) is 4.33. The summed E-state index contributed by atoms with van der Waals surface area (Å²) in [5, 5.41) is 18.8. The Bertz CT molecular complexity index is 556. The molecule has 6 heteroatoms. The molecule has 0 aromatic heterocycles. The summed E-state index contributed by atoms with van der Waals surface area (Å²) in [6, 6.07) is 7.11. The first-order chi connectivity index (χ1) is 11.6. The third kappa shape index (κ3) is 5.33. The number of hydrogen-bond donors (Lipinski definition) is 2. The number of carboxylic acids is 1. The summed E-state index contributed by atoms with van der Waals surface area (Å²) < 4.78 is 16.7. The number of methoxy groups -OCH3 is 1. The largest absolute Gasteiger partial charge is 0.508 e. The van der Waals surface area contributed by atoms with Gasteiger partial charge < -0.3 is 24.4 Å². The maximum atomic E-state index is 10.5. The first-order valence-corrected chi connectivity index (χ1v) is 8.02. The molecule has 0 aliphatic carbocycles. The fourth-order valence-electron chi connectivity index (χ4n) is 2.70. The second-order valence-corrected chi connectivity index (χ2v) is 5.73. The average molecular weight is 336 g/mol. The van der Waals surface area contributed by atoms with Gasteiger partial charge in [0, 0.05) is 25.0 Å². The van der Waals surface area contributed by atoms with Gasteiger partial charge in [-0.1, -0.05) is 30.4 Å². The minimum Gasteiger partial charge on any atom is -0.508 e. The minimum absolute atomic E-state index is 0.0347. The topological polar surface area (TPSA) is 85.2 Å². The van der Waals surface area contributed by atoms with Crippen molar-refractivity contribution in [2.24, 2.45) is 5.92 Å². The van der Waals surface area contributed by atoms with Crippen molar-refractivity contribution in [3.8, 4) is 5.75 Å². The van der Waals surface area contributed by atoms with Gasteiger partial charge in [-0.3, -0.25) is 4.79 Å². The van der Waals surface area contributed by atoms with Gasteiger partial charge in [0.1, 0.15) is 5.75 Å². The van der Waals surface area contributed by atoms with Crippen molar-refractivity contribution in [3.63, 3.8) is 0 Å². The van der Waals surface area contributed by atoms with Gasteiger partial charge in [-0.15, -0.1) is 0 Å². The van der Waals surface area contributed by atoms with Crippen molar-refractivity contribution in [3.05, 3.63) is 42.0 Å². The predicted octanol–water partition coefficient (Wildman–Crippen LogP) is 2.88. The van der Waals surface area contributed by atoms with Gasteiger partial charge >= 0.3 is 5.97 Å². The van der Waals surface area contributed by atoms with E-state index in [-0.39, 0.29) is 24.2 Å². The molecule has 0 bridgehead atoms. The zero-order valence-electron chi connectivity index (χ0n) is 13.8. The van der Waals surface area contributed by atoms with Crippen LogP contribution in [0.25, 0.3) is 0 Å². The van der Waals surface area contributed by atoms with E-state index < -0.39 is 12.3 Å². The molecule has 1 aromatic rings. The molecule has 6 nitrogen and oxygen atoms in total. The summed E-state index contributed by atoms with van der Waals surface area (Å²) in [5.41, 5.74) is 0.728. The molecule has 3 atom stereocenters. The van der Waals surface area contributed by atoms with Crippen molar-refractivity contribution in [2.75, 3.05) is 20.3 Å². The van der Waals surface area contributed by atoms with E-state index in [1.54, 1.807) is 19.2 Å². The minimum atomic E-state index is -0.807. The Kier molecular flexibility index (Phi) is 7.24.